The van der Waals surface area contributed by atoms with Crippen LogP contribution in [0.4, 0.5) is 0 Å². The second kappa shape index (κ2) is 7.22. The molecule has 2 rings (SSSR count). The number of amides is 1. The van der Waals surface area contributed by atoms with E-state index in [9.17, 15) is 9.59 Å². The number of carboxylic acid groups (broad SMARTS) is 1. The van der Waals surface area contributed by atoms with Crippen molar-refractivity contribution in [3.05, 3.63) is 35.9 Å². The van der Waals surface area contributed by atoms with Gasteiger partial charge in [-0.15, -0.1) is 5.10 Å². The summed E-state index contributed by atoms with van der Waals surface area (Å²) in [5, 5.41) is 16.8. The van der Waals surface area contributed by atoms with Gasteiger partial charge in [-0.3, -0.25) is 14.5 Å². The number of benzene rings is 1. The van der Waals surface area contributed by atoms with E-state index in [1.54, 1.807) is 0 Å². The fraction of sp³-hybridized carbons (Fsp3) is 0.333. The minimum absolute atomic E-state index is 0.220. The van der Waals surface area contributed by atoms with E-state index in [0.29, 0.717) is 11.7 Å². The van der Waals surface area contributed by atoms with E-state index in [1.807, 2.05) is 44.2 Å². The molecule has 1 N–H and O–H groups in total. The van der Waals surface area contributed by atoms with E-state index in [2.05, 4.69) is 10.2 Å². The highest BCUT2D eigenvalue weighted by molar-refractivity contribution is 8.15. The van der Waals surface area contributed by atoms with Gasteiger partial charge in [-0.05, 0) is 19.4 Å². The molecule has 7 heteroatoms. The van der Waals surface area contributed by atoms with Crippen molar-refractivity contribution in [1.29, 1.82) is 0 Å². The SMILES string of the molecule is CC(C)=N/N=C1/S[C@H](CC(=O)O)C(=O)N1Cc1ccccc1. The summed E-state index contributed by atoms with van der Waals surface area (Å²) in [5.74, 6) is -1.24. The Kier molecular flexibility index (Phi) is 5.32. The Labute approximate surface area is 132 Å². The number of carbonyl (C=O) groups excluding carboxylic acids is 1. The molecule has 0 aromatic heterocycles. The highest BCUT2D eigenvalue weighted by Crippen LogP contribution is 2.31. The molecular formula is C15H17N3O3S. The number of aliphatic carboxylic acids is 1. The standard InChI is InChI=1S/C15H17N3O3S/c1-10(2)16-17-15-18(9-11-6-4-3-5-7-11)14(21)12(22-15)8-13(19)20/h3-7,12H,8-9H2,1-2H3,(H,19,20)/b17-15+/t12-/m1/s1. The first-order chi connectivity index (χ1) is 10.5. The van der Waals surface area contributed by atoms with E-state index in [0.717, 1.165) is 23.0 Å². The summed E-state index contributed by atoms with van der Waals surface area (Å²) in [6.45, 7) is 3.98. The first-order valence-electron chi connectivity index (χ1n) is 6.80. The Morgan fingerprint density at radius 3 is 2.59 bits per heavy atom. The van der Waals surface area contributed by atoms with Gasteiger partial charge in [0.2, 0.25) is 5.91 Å². The monoisotopic (exact) mass is 319 g/mol. The van der Waals surface area contributed by atoms with Crippen LogP contribution >= 0.6 is 11.8 Å². The van der Waals surface area contributed by atoms with E-state index in [4.69, 9.17) is 5.11 Å². The molecule has 0 radical (unpaired) electrons. The molecule has 1 saturated heterocycles. The minimum atomic E-state index is -0.998. The van der Waals surface area contributed by atoms with Crippen molar-refractivity contribution in [3.8, 4) is 0 Å². The number of amidine groups is 1. The molecule has 1 fully saturated rings. The predicted molar refractivity (Wildman–Crippen MR) is 86.8 cm³/mol. The molecule has 6 nitrogen and oxygen atoms in total. The molecule has 1 atom stereocenters. The molecule has 1 aliphatic heterocycles. The van der Waals surface area contributed by atoms with E-state index < -0.39 is 11.2 Å². The second-order valence-electron chi connectivity index (χ2n) is 5.04. The zero-order chi connectivity index (χ0) is 16.1. The molecule has 0 aliphatic carbocycles. The number of nitrogens with zero attached hydrogens (tertiary/aromatic N) is 3. The van der Waals surface area contributed by atoms with Crippen LogP contribution in [-0.2, 0) is 16.1 Å². The number of carbonyl (C=O) groups is 2. The molecule has 1 heterocycles. The summed E-state index contributed by atoms with van der Waals surface area (Å²) < 4.78 is 0. The van der Waals surface area contributed by atoms with Gasteiger partial charge in [-0.2, -0.15) is 5.10 Å². The maximum Gasteiger partial charge on any atom is 0.305 e. The zero-order valence-electron chi connectivity index (χ0n) is 12.4. The van der Waals surface area contributed by atoms with Crippen molar-refractivity contribution in [1.82, 2.24) is 4.90 Å². The molecule has 1 aromatic carbocycles. The van der Waals surface area contributed by atoms with Crippen molar-refractivity contribution < 1.29 is 14.7 Å². The Morgan fingerprint density at radius 1 is 1.32 bits per heavy atom. The molecular weight excluding hydrogens is 302 g/mol. The molecule has 0 saturated carbocycles. The van der Waals surface area contributed by atoms with Crippen molar-refractivity contribution in [2.45, 2.75) is 32.1 Å². The Balaban J connectivity index is 2.25. The molecule has 0 spiro atoms. The lowest BCUT2D eigenvalue weighted by Crippen LogP contribution is -2.32. The largest absolute Gasteiger partial charge is 0.481 e. The van der Waals surface area contributed by atoms with Gasteiger partial charge in [0.05, 0.1) is 13.0 Å². The van der Waals surface area contributed by atoms with Gasteiger partial charge in [0, 0.05) is 5.71 Å². The summed E-state index contributed by atoms with van der Waals surface area (Å²) in [7, 11) is 0. The number of thioether (sulfide) groups is 1. The molecule has 22 heavy (non-hydrogen) atoms. The lowest BCUT2D eigenvalue weighted by molar-refractivity contribution is -0.139. The topological polar surface area (TPSA) is 82.3 Å². The van der Waals surface area contributed by atoms with Gasteiger partial charge in [0.15, 0.2) is 5.17 Å². The maximum absolute atomic E-state index is 12.4. The average Bonchev–Trinajstić information content (AvgIpc) is 2.74. The minimum Gasteiger partial charge on any atom is -0.481 e. The van der Waals surface area contributed by atoms with Crippen LogP contribution in [0.5, 0.6) is 0 Å². The smallest absolute Gasteiger partial charge is 0.305 e. The molecule has 116 valence electrons. The van der Waals surface area contributed by atoms with Crippen LogP contribution < -0.4 is 0 Å². The van der Waals surface area contributed by atoms with E-state index in [-0.39, 0.29) is 12.3 Å². The van der Waals surface area contributed by atoms with Gasteiger partial charge in [-0.25, -0.2) is 0 Å². The van der Waals surface area contributed by atoms with Gasteiger partial charge in [0.1, 0.15) is 5.25 Å². The third-order valence-electron chi connectivity index (χ3n) is 2.90. The fourth-order valence-corrected chi connectivity index (χ4v) is 3.01. The average molecular weight is 319 g/mol. The lowest BCUT2D eigenvalue weighted by atomic mass is 10.2. The van der Waals surface area contributed by atoms with Crippen LogP contribution in [0.25, 0.3) is 0 Å². The first-order valence-corrected chi connectivity index (χ1v) is 7.68. The third-order valence-corrected chi connectivity index (χ3v) is 4.06. The summed E-state index contributed by atoms with van der Waals surface area (Å²) in [5.41, 5.74) is 1.72. The summed E-state index contributed by atoms with van der Waals surface area (Å²) in [6.07, 6.45) is -0.220. The van der Waals surface area contributed by atoms with E-state index in [1.165, 1.54) is 4.90 Å². The normalized spacial score (nSPS) is 19.5. The van der Waals surface area contributed by atoms with Crippen molar-refractivity contribution in [3.63, 3.8) is 0 Å². The Hall–Kier alpha value is -2.15. The highest BCUT2D eigenvalue weighted by Gasteiger charge is 2.39. The quantitative estimate of drug-likeness (QED) is 0.667. The number of carboxylic acids is 1. The lowest BCUT2D eigenvalue weighted by Gasteiger charge is -2.15. The van der Waals surface area contributed by atoms with Crippen LogP contribution in [0.1, 0.15) is 25.8 Å². The van der Waals surface area contributed by atoms with E-state index >= 15 is 0 Å². The van der Waals surface area contributed by atoms with Crippen LogP contribution in [0, 0.1) is 0 Å². The van der Waals surface area contributed by atoms with Gasteiger partial charge < -0.3 is 5.11 Å². The molecule has 0 bridgehead atoms. The summed E-state index contributed by atoms with van der Waals surface area (Å²) in [4.78, 5) is 24.8. The fourth-order valence-electron chi connectivity index (χ4n) is 1.93. The van der Waals surface area contributed by atoms with Crippen LogP contribution in [0.2, 0.25) is 0 Å². The molecule has 1 amide bonds. The first kappa shape index (κ1) is 16.2. The number of rotatable bonds is 5. The molecule has 0 unspecified atom stereocenters. The summed E-state index contributed by atoms with van der Waals surface area (Å²) >= 11 is 1.15. The zero-order valence-corrected chi connectivity index (χ0v) is 13.2. The highest BCUT2D eigenvalue weighted by atomic mass is 32.2. The second-order valence-corrected chi connectivity index (χ2v) is 6.21. The molecule has 1 aliphatic rings. The van der Waals surface area contributed by atoms with Crippen molar-refractivity contribution >= 4 is 34.5 Å². The van der Waals surface area contributed by atoms with Gasteiger partial charge in [0.25, 0.3) is 0 Å². The van der Waals surface area contributed by atoms with Crippen molar-refractivity contribution in [2.24, 2.45) is 10.2 Å². The van der Waals surface area contributed by atoms with Crippen LogP contribution in [-0.4, -0.2) is 38.0 Å². The Bertz CT molecular complexity index is 624. The molecule has 1 aromatic rings. The van der Waals surface area contributed by atoms with Crippen LogP contribution in [0.3, 0.4) is 0 Å². The van der Waals surface area contributed by atoms with Crippen molar-refractivity contribution in [2.75, 3.05) is 0 Å². The van der Waals surface area contributed by atoms with Gasteiger partial charge in [-0.1, -0.05) is 42.1 Å². The third kappa shape index (κ3) is 4.17. The predicted octanol–water partition coefficient (Wildman–Crippen LogP) is 2.36. The number of hydrogen-bond donors (Lipinski definition) is 1. The van der Waals surface area contributed by atoms with Gasteiger partial charge >= 0.3 is 5.97 Å². The number of hydrogen-bond acceptors (Lipinski definition) is 5. The van der Waals surface area contributed by atoms with Crippen LogP contribution in [0.15, 0.2) is 40.5 Å². The maximum atomic E-state index is 12.4. The Morgan fingerprint density at radius 2 is 2.00 bits per heavy atom. The summed E-state index contributed by atoms with van der Waals surface area (Å²) in [6, 6.07) is 9.51.